The molecule has 1 saturated carbocycles. The molecule has 2 aromatic heterocycles. The molecular weight excluding hydrogens is 244 g/mol. The molecule has 90 valence electrons. The second-order valence-electron chi connectivity index (χ2n) is 4.32. The van der Waals surface area contributed by atoms with E-state index < -0.39 is 5.92 Å². The zero-order chi connectivity index (χ0) is 11.9. The summed E-state index contributed by atoms with van der Waals surface area (Å²) < 4.78 is 26.2. The van der Waals surface area contributed by atoms with Crippen LogP contribution >= 0.6 is 11.3 Å². The van der Waals surface area contributed by atoms with Crippen LogP contribution in [0.1, 0.15) is 31.0 Å². The molecule has 1 atom stereocenters. The molecule has 1 fully saturated rings. The van der Waals surface area contributed by atoms with Crippen LogP contribution < -0.4 is 0 Å². The van der Waals surface area contributed by atoms with Gasteiger partial charge in [0.1, 0.15) is 5.82 Å². The Kier molecular flexibility index (Phi) is 2.47. The monoisotopic (exact) mass is 255 g/mol. The van der Waals surface area contributed by atoms with Crippen LogP contribution in [0.2, 0.25) is 0 Å². The minimum atomic E-state index is -2.54. The number of aromatic nitrogens is 3. The van der Waals surface area contributed by atoms with Crippen molar-refractivity contribution in [3.63, 3.8) is 0 Å². The number of aromatic amines is 1. The lowest BCUT2D eigenvalue weighted by atomic mass is 10.1. The normalized spacial score (nSPS) is 23.1. The average Bonchev–Trinajstić information content (AvgIpc) is 2.93. The van der Waals surface area contributed by atoms with E-state index in [2.05, 4.69) is 15.2 Å². The zero-order valence-electron chi connectivity index (χ0n) is 8.99. The summed E-state index contributed by atoms with van der Waals surface area (Å²) in [5.41, 5.74) is 0. The summed E-state index contributed by atoms with van der Waals surface area (Å²) in [7, 11) is 0. The summed E-state index contributed by atoms with van der Waals surface area (Å²) >= 11 is 1.54. The van der Waals surface area contributed by atoms with Gasteiger partial charge in [0.2, 0.25) is 5.92 Å². The fourth-order valence-corrected chi connectivity index (χ4v) is 2.81. The van der Waals surface area contributed by atoms with Gasteiger partial charge in [0.15, 0.2) is 5.82 Å². The lowest BCUT2D eigenvalue weighted by molar-refractivity contribution is 0.00755. The maximum Gasteiger partial charge on any atom is 0.248 e. The van der Waals surface area contributed by atoms with Gasteiger partial charge in [-0.1, -0.05) is 6.07 Å². The summed E-state index contributed by atoms with van der Waals surface area (Å²) in [6.45, 7) is 0. The molecule has 0 aromatic carbocycles. The van der Waals surface area contributed by atoms with E-state index in [1.807, 2.05) is 17.5 Å². The van der Waals surface area contributed by atoms with Crippen LogP contribution in [0.5, 0.6) is 0 Å². The first kappa shape index (κ1) is 10.8. The highest BCUT2D eigenvalue weighted by Gasteiger charge is 2.41. The number of halogens is 2. The SMILES string of the molecule is FC1(F)CCC(c2nc(-c3cccs3)n[nH]2)C1. The predicted octanol–water partition coefficient (Wildman–Crippen LogP) is 3.44. The molecule has 2 aromatic rings. The third-order valence-electron chi connectivity index (χ3n) is 3.03. The van der Waals surface area contributed by atoms with Gasteiger partial charge < -0.3 is 0 Å². The van der Waals surface area contributed by atoms with Crippen molar-refractivity contribution in [2.24, 2.45) is 0 Å². The van der Waals surface area contributed by atoms with E-state index in [9.17, 15) is 8.78 Å². The maximum absolute atomic E-state index is 13.1. The Balaban J connectivity index is 1.82. The molecule has 0 saturated heterocycles. The Morgan fingerprint density at radius 1 is 1.47 bits per heavy atom. The molecule has 0 radical (unpaired) electrons. The van der Waals surface area contributed by atoms with Gasteiger partial charge in [0.25, 0.3) is 0 Å². The quantitative estimate of drug-likeness (QED) is 0.893. The molecule has 3 nitrogen and oxygen atoms in total. The first-order valence-corrected chi connectivity index (χ1v) is 6.36. The highest BCUT2D eigenvalue weighted by atomic mass is 32.1. The van der Waals surface area contributed by atoms with Crippen molar-refractivity contribution in [2.45, 2.75) is 31.1 Å². The lowest BCUT2D eigenvalue weighted by Gasteiger charge is -2.06. The minimum Gasteiger partial charge on any atom is -0.262 e. The molecule has 6 heteroatoms. The number of H-pyrrole nitrogens is 1. The third-order valence-corrected chi connectivity index (χ3v) is 3.90. The Morgan fingerprint density at radius 2 is 2.35 bits per heavy atom. The molecule has 1 aliphatic rings. The molecule has 0 bridgehead atoms. The van der Waals surface area contributed by atoms with Crippen LogP contribution in [0.3, 0.4) is 0 Å². The van der Waals surface area contributed by atoms with Crippen LogP contribution in [-0.4, -0.2) is 21.1 Å². The van der Waals surface area contributed by atoms with Gasteiger partial charge in [0, 0.05) is 18.8 Å². The van der Waals surface area contributed by atoms with Gasteiger partial charge in [-0.15, -0.1) is 11.3 Å². The number of alkyl halides is 2. The Morgan fingerprint density at radius 3 is 3.00 bits per heavy atom. The van der Waals surface area contributed by atoms with E-state index in [1.165, 1.54) is 11.3 Å². The number of hydrogen-bond acceptors (Lipinski definition) is 3. The van der Waals surface area contributed by atoms with Crippen molar-refractivity contribution in [3.05, 3.63) is 23.3 Å². The molecular formula is C11H11F2N3S. The maximum atomic E-state index is 13.1. The van der Waals surface area contributed by atoms with Crippen LogP contribution in [-0.2, 0) is 0 Å². The number of hydrogen-bond donors (Lipinski definition) is 1. The highest BCUT2D eigenvalue weighted by Crippen LogP contribution is 2.43. The first-order chi connectivity index (χ1) is 8.14. The number of rotatable bonds is 2. The number of thiophene rings is 1. The molecule has 2 heterocycles. The Labute approximate surface area is 101 Å². The van der Waals surface area contributed by atoms with Gasteiger partial charge in [-0.3, -0.25) is 5.10 Å². The first-order valence-electron chi connectivity index (χ1n) is 5.48. The second kappa shape index (κ2) is 3.87. The van der Waals surface area contributed by atoms with Crippen molar-refractivity contribution < 1.29 is 8.78 Å². The van der Waals surface area contributed by atoms with Crippen LogP contribution in [0.25, 0.3) is 10.7 Å². The highest BCUT2D eigenvalue weighted by molar-refractivity contribution is 7.13. The largest absolute Gasteiger partial charge is 0.262 e. The second-order valence-corrected chi connectivity index (χ2v) is 5.26. The van der Waals surface area contributed by atoms with Crippen molar-refractivity contribution in [3.8, 4) is 10.7 Å². The zero-order valence-corrected chi connectivity index (χ0v) is 9.81. The molecule has 0 aliphatic heterocycles. The smallest absolute Gasteiger partial charge is 0.248 e. The van der Waals surface area contributed by atoms with Crippen LogP contribution in [0.15, 0.2) is 17.5 Å². The average molecular weight is 255 g/mol. The lowest BCUT2D eigenvalue weighted by Crippen LogP contribution is -2.09. The summed E-state index contributed by atoms with van der Waals surface area (Å²) in [5.74, 6) is -1.54. The molecule has 0 spiro atoms. The molecule has 17 heavy (non-hydrogen) atoms. The van der Waals surface area contributed by atoms with Gasteiger partial charge in [0.05, 0.1) is 4.88 Å². The minimum absolute atomic E-state index is 0.0489. The summed E-state index contributed by atoms with van der Waals surface area (Å²) in [6.07, 6.45) is 0.310. The van der Waals surface area contributed by atoms with E-state index in [-0.39, 0.29) is 18.8 Å². The van der Waals surface area contributed by atoms with Crippen molar-refractivity contribution in [1.82, 2.24) is 15.2 Å². The summed E-state index contributed by atoms with van der Waals surface area (Å²) in [6, 6.07) is 3.83. The van der Waals surface area contributed by atoms with E-state index >= 15 is 0 Å². The topological polar surface area (TPSA) is 41.6 Å². The molecule has 0 amide bonds. The van der Waals surface area contributed by atoms with Crippen LogP contribution in [0, 0.1) is 0 Å². The van der Waals surface area contributed by atoms with E-state index in [0.29, 0.717) is 18.1 Å². The Hall–Kier alpha value is -1.30. The summed E-state index contributed by atoms with van der Waals surface area (Å²) in [4.78, 5) is 5.27. The molecule has 1 N–H and O–H groups in total. The van der Waals surface area contributed by atoms with Gasteiger partial charge >= 0.3 is 0 Å². The van der Waals surface area contributed by atoms with Gasteiger partial charge in [-0.25, -0.2) is 13.8 Å². The summed E-state index contributed by atoms with van der Waals surface area (Å²) in [5, 5.41) is 8.81. The molecule has 1 aliphatic carbocycles. The predicted molar refractivity (Wildman–Crippen MR) is 61.2 cm³/mol. The van der Waals surface area contributed by atoms with Crippen molar-refractivity contribution >= 4 is 11.3 Å². The van der Waals surface area contributed by atoms with Crippen molar-refractivity contribution in [2.75, 3.05) is 0 Å². The van der Waals surface area contributed by atoms with E-state index in [1.54, 1.807) is 0 Å². The van der Waals surface area contributed by atoms with E-state index in [4.69, 9.17) is 0 Å². The number of nitrogens with zero attached hydrogens (tertiary/aromatic N) is 2. The van der Waals surface area contributed by atoms with Gasteiger partial charge in [-0.2, -0.15) is 5.10 Å². The molecule has 3 rings (SSSR count). The van der Waals surface area contributed by atoms with Gasteiger partial charge in [-0.05, 0) is 17.9 Å². The van der Waals surface area contributed by atoms with E-state index in [0.717, 1.165) is 4.88 Å². The fourth-order valence-electron chi connectivity index (χ4n) is 2.16. The number of nitrogens with one attached hydrogen (secondary N) is 1. The fraction of sp³-hybridized carbons (Fsp3) is 0.455. The van der Waals surface area contributed by atoms with Crippen molar-refractivity contribution in [1.29, 1.82) is 0 Å². The standard InChI is InChI=1S/C11H11F2N3S/c12-11(13)4-3-7(6-11)9-14-10(16-15-9)8-2-1-5-17-8/h1-2,5,7H,3-4,6H2,(H,14,15,16). The Bertz CT molecular complexity index is 507. The third kappa shape index (κ3) is 2.09. The molecule has 1 unspecified atom stereocenters. The van der Waals surface area contributed by atoms with Crippen LogP contribution in [0.4, 0.5) is 8.78 Å².